The van der Waals surface area contributed by atoms with Crippen molar-refractivity contribution in [3.05, 3.63) is 66.3 Å². The molecule has 4 rings (SSSR count). The quantitative estimate of drug-likeness (QED) is 0.739. The first-order valence-electron chi connectivity index (χ1n) is 7.85. The Kier molecular flexibility index (Phi) is 3.78. The lowest BCUT2D eigenvalue weighted by Crippen LogP contribution is -2.24. The second kappa shape index (κ2) is 6.23. The van der Waals surface area contributed by atoms with E-state index < -0.39 is 0 Å². The summed E-state index contributed by atoms with van der Waals surface area (Å²) in [7, 11) is 0. The number of aromatic nitrogens is 3. The number of nitrogens with zero attached hydrogens (tertiary/aromatic N) is 4. The number of benzene rings is 1. The van der Waals surface area contributed by atoms with E-state index in [9.17, 15) is 4.79 Å². The van der Waals surface area contributed by atoms with E-state index in [1.807, 2.05) is 30.3 Å². The second-order valence-corrected chi connectivity index (χ2v) is 5.83. The van der Waals surface area contributed by atoms with Crippen LogP contribution in [-0.2, 0) is 11.3 Å². The van der Waals surface area contributed by atoms with Gasteiger partial charge in [0.2, 0.25) is 17.7 Å². The third-order valence-corrected chi connectivity index (χ3v) is 4.19. The van der Waals surface area contributed by atoms with E-state index in [0.717, 1.165) is 5.56 Å². The maximum absolute atomic E-state index is 12.3. The van der Waals surface area contributed by atoms with Gasteiger partial charge in [0, 0.05) is 31.3 Å². The Morgan fingerprint density at radius 1 is 1.12 bits per heavy atom. The molecular weight excluding hydrogens is 304 g/mol. The van der Waals surface area contributed by atoms with Gasteiger partial charge in [-0.3, -0.25) is 9.78 Å². The van der Waals surface area contributed by atoms with Crippen LogP contribution in [-0.4, -0.2) is 32.5 Å². The summed E-state index contributed by atoms with van der Waals surface area (Å²) in [5.41, 5.74) is 1.96. The molecule has 1 fully saturated rings. The molecule has 1 amide bonds. The molecule has 2 aromatic heterocycles. The molecule has 6 nitrogen and oxygen atoms in total. The lowest BCUT2D eigenvalue weighted by atomic mass is 9.99. The Morgan fingerprint density at radius 2 is 2.00 bits per heavy atom. The van der Waals surface area contributed by atoms with Crippen molar-refractivity contribution in [2.75, 3.05) is 6.54 Å². The van der Waals surface area contributed by atoms with E-state index >= 15 is 0 Å². The van der Waals surface area contributed by atoms with E-state index in [4.69, 9.17) is 4.42 Å². The predicted octanol–water partition coefficient (Wildman–Crippen LogP) is 2.65. The lowest BCUT2D eigenvalue weighted by Gasteiger charge is -2.14. The number of likely N-dealkylation sites (tertiary alicyclic amines) is 1. The lowest BCUT2D eigenvalue weighted by molar-refractivity contribution is -0.128. The van der Waals surface area contributed by atoms with Crippen molar-refractivity contribution >= 4 is 5.91 Å². The fourth-order valence-electron chi connectivity index (χ4n) is 2.96. The molecule has 24 heavy (non-hydrogen) atoms. The third-order valence-electron chi connectivity index (χ3n) is 4.19. The average Bonchev–Trinajstić information content (AvgIpc) is 3.24. The SMILES string of the molecule is O=C1C[C@@H](c2ccccc2)CN1Cc1nnc(-c2cccnc2)o1. The summed E-state index contributed by atoms with van der Waals surface area (Å²) < 4.78 is 5.66. The zero-order chi connectivity index (χ0) is 16.4. The highest BCUT2D eigenvalue weighted by atomic mass is 16.4. The first kappa shape index (κ1) is 14.6. The molecule has 0 unspecified atom stereocenters. The molecule has 0 radical (unpaired) electrons. The maximum atomic E-state index is 12.3. The van der Waals surface area contributed by atoms with E-state index in [0.29, 0.717) is 31.3 Å². The first-order chi connectivity index (χ1) is 11.8. The minimum atomic E-state index is 0.116. The smallest absolute Gasteiger partial charge is 0.249 e. The van der Waals surface area contributed by atoms with Crippen LogP contribution < -0.4 is 0 Å². The summed E-state index contributed by atoms with van der Waals surface area (Å²) in [4.78, 5) is 18.1. The summed E-state index contributed by atoms with van der Waals surface area (Å²) >= 11 is 0. The van der Waals surface area contributed by atoms with Crippen molar-refractivity contribution in [3.8, 4) is 11.5 Å². The van der Waals surface area contributed by atoms with Crippen LogP contribution in [0.1, 0.15) is 23.8 Å². The van der Waals surface area contributed by atoms with Crippen molar-refractivity contribution in [1.29, 1.82) is 0 Å². The summed E-state index contributed by atoms with van der Waals surface area (Å²) in [6, 6.07) is 13.8. The third kappa shape index (κ3) is 2.90. The van der Waals surface area contributed by atoms with Gasteiger partial charge in [0.25, 0.3) is 0 Å². The zero-order valence-electron chi connectivity index (χ0n) is 13.0. The highest BCUT2D eigenvalue weighted by Crippen LogP contribution is 2.29. The normalized spacial score (nSPS) is 17.4. The van der Waals surface area contributed by atoms with Crippen molar-refractivity contribution in [3.63, 3.8) is 0 Å². The van der Waals surface area contributed by atoms with Gasteiger partial charge >= 0.3 is 0 Å². The molecule has 0 bridgehead atoms. The summed E-state index contributed by atoms with van der Waals surface area (Å²) in [6.07, 6.45) is 3.88. The van der Waals surface area contributed by atoms with Crippen molar-refractivity contribution < 1.29 is 9.21 Å². The van der Waals surface area contributed by atoms with Gasteiger partial charge in [-0.25, -0.2) is 0 Å². The van der Waals surface area contributed by atoms with Crippen molar-refractivity contribution in [1.82, 2.24) is 20.1 Å². The summed E-state index contributed by atoms with van der Waals surface area (Å²) in [5, 5.41) is 8.09. The Labute approximate surface area is 139 Å². The van der Waals surface area contributed by atoms with Crippen LogP contribution in [0.3, 0.4) is 0 Å². The Balaban J connectivity index is 1.46. The fraction of sp³-hybridized carbons (Fsp3) is 0.222. The fourth-order valence-corrected chi connectivity index (χ4v) is 2.96. The number of hydrogen-bond acceptors (Lipinski definition) is 5. The van der Waals surface area contributed by atoms with Crippen LogP contribution in [0.5, 0.6) is 0 Å². The second-order valence-electron chi connectivity index (χ2n) is 5.83. The van der Waals surface area contributed by atoms with E-state index in [2.05, 4.69) is 27.3 Å². The molecule has 1 atom stereocenters. The van der Waals surface area contributed by atoms with Gasteiger partial charge in [0.1, 0.15) is 0 Å². The molecule has 1 aromatic carbocycles. The molecule has 3 aromatic rings. The van der Waals surface area contributed by atoms with E-state index in [1.165, 1.54) is 5.56 Å². The molecule has 3 heterocycles. The Bertz CT molecular complexity index is 832. The molecule has 0 saturated carbocycles. The van der Waals surface area contributed by atoms with Crippen LogP contribution in [0, 0.1) is 0 Å². The van der Waals surface area contributed by atoms with Crippen LogP contribution in [0.25, 0.3) is 11.5 Å². The molecule has 6 heteroatoms. The van der Waals surface area contributed by atoms with Gasteiger partial charge in [0.05, 0.1) is 12.1 Å². The van der Waals surface area contributed by atoms with Crippen molar-refractivity contribution in [2.45, 2.75) is 18.9 Å². The van der Waals surface area contributed by atoms with Gasteiger partial charge < -0.3 is 9.32 Å². The van der Waals surface area contributed by atoms with Crippen molar-refractivity contribution in [2.24, 2.45) is 0 Å². The van der Waals surface area contributed by atoms with Gasteiger partial charge in [-0.15, -0.1) is 10.2 Å². The summed E-state index contributed by atoms with van der Waals surface area (Å²) in [5.74, 6) is 1.20. The topological polar surface area (TPSA) is 72.1 Å². The van der Waals surface area contributed by atoms with Gasteiger partial charge in [-0.1, -0.05) is 30.3 Å². The summed E-state index contributed by atoms with van der Waals surface area (Å²) in [6.45, 7) is 1.02. The molecule has 1 aliphatic rings. The average molecular weight is 320 g/mol. The number of carbonyl (C=O) groups is 1. The van der Waals surface area contributed by atoms with E-state index in [-0.39, 0.29) is 11.8 Å². The zero-order valence-corrected chi connectivity index (χ0v) is 13.0. The van der Waals surface area contributed by atoms with Gasteiger partial charge in [-0.2, -0.15) is 0 Å². The molecular formula is C18H16N4O2. The highest BCUT2D eigenvalue weighted by Gasteiger charge is 2.31. The monoisotopic (exact) mass is 320 g/mol. The molecule has 1 saturated heterocycles. The van der Waals surface area contributed by atoms with Gasteiger partial charge in [0.15, 0.2) is 0 Å². The van der Waals surface area contributed by atoms with Crippen LogP contribution in [0.15, 0.2) is 59.3 Å². The van der Waals surface area contributed by atoms with Crippen LogP contribution in [0.4, 0.5) is 0 Å². The minimum Gasteiger partial charge on any atom is -0.419 e. The highest BCUT2D eigenvalue weighted by molar-refractivity contribution is 5.79. The number of amides is 1. The Hall–Kier alpha value is -3.02. The molecule has 1 aliphatic heterocycles. The number of pyridine rings is 1. The molecule has 0 spiro atoms. The first-order valence-corrected chi connectivity index (χ1v) is 7.85. The largest absolute Gasteiger partial charge is 0.419 e. The predicted molar refractivity (Wildman–Crippen MR) is 86.7 cm³/mol. The number of rotatable bonds is 4. The molecule has 0 N–H and O–H groups in total. The molecule has 0 aliphatic carbocycles. The Morgan fingerprint density at radius 3 is 2.79 bits per heavy atom. The van der Waals surface area contributed by atoms with Crippen LogP contribution >= 0.6 is 0 Å². The van der Waals surface area contributed by atoms with Gasteiger partial charge in [-0.05, 0) is 17.7 Å². The number of hydrogen-bond donors (Lipinski definition) is 0. The maximum Gasteiger partial charge on any atom is 0.249 e. The standard InChI is InChI=1S/C18H16N4O2/c23-17-9-15(13-5-2-1-3-6-13)11-22(17)12-16-20-21-18(24-16)14-7-4-8-19-10-14/h1-8,10,15H,9,11-12H2/t15-/m1/s1. The van der Waals surface area contributed by atoms with Crippen LogP contribution in [0.2, 0.25) is 0 Å². The molecule has 120 valence electrons. The van der Waals surface area contributed by atoms with E-state index in [1.54, 1.807) is 17.3 Å². The number of carbonyl (C=O) groups excluding carboxylic acids is 1. The minimum absolute atomic E-state index is 0.116.